The second-order valence-corrected chi connectivity index (χ2v) is 4.35. The third-order valence-electron chi connectivity index (χ3n) is 2.74. The number of carboxylic acid groups (broad SMARTS) is 1. The molecule has 5 N–H and O–H groups in total. The maximum atomic E-state index is 11.7. The molecular formula is C13H14N4O4. The van der Waals surface area contributed by atoms with Gasteiger partial charge in [0, 0.05) is 12.6 Å². The van der Waals surface area contributed by atoms with Crippen LogP contribution in [-0.4, -0.2) is 38.5 Å². The molecule has 21 heavy (non-hydrogen) atoms. The molecule has 0 saturated heterocycles. The van der Waals surface area contributed by atoms with Crippen molar-refractivity contribution < 1.29 is 19.8 Å². The number of nitrogens with zero attached hydrogens (tertiary/aromatic N) is 1. The molecular weight excluding hydrogens is 276 g/mol. The number of phenols is 1. The average Bonchev–Trinajstić information content (AvgIpc) is 2.93. The number of amides is 2. The Hall–Kier alpha value is -3.03. The number of hydrogen-bond donors (Lipinski definition) is 5. The van der Waals surface area contributed by atoms with Gasteiger partial charge in [-0.2, -0.15) is 5.10 Å². The van der Waals surface area contributed by atoms with Crippen LogP contribution in [0.25, 0.3) is 0 Å². The number of aromatic amines is 1. The Labute approximate surface area is 119 Å². The van der Waals surface area contributed by atoms with Crippen molar-refractivity contribution in [2.75, 3.05) is 5.32 Å². The van der Waals surface area contributed by atoms with Gasteiger partial charge in [0.2, 0.25) is 0 Å². The lowest BCUT2D eigenvalue weighted by atomic mass is 10.1. The number of phenolic OH excluding ortho intramolecular Hbond substituents is 1. The molecule has 0 aliphatic rings. The number of carboxylic acids is 1. The third-order valence-corrected chi connectivity index (χ3v) is 2.74. The van der Waals surface area contributed by atoms with E-state index >= 15 is 0 Å². The molecule has 1 aromatic heterocycles. The highest BCUT2D eigenvalue weighted by molar-refractivity contribution is 5.92. The first-order valence-corrected chi connectivity index (χ1v) is 6.11. The summed E-state index contributed by atoms with van der Waals surface area (Å²) in [6.07, 6.45) is 2.97. The van der Waals surface area contributed by atoms with Crippen LogP contribution in [-0.2, 0) is 11.2 Å². The van der Waals surface area contributed by atoms with Crippen molar-refractivity contribution in [1.29, 1.82) is 0 Å². The van der Waals surface area contributed by atoms with Crippen LogP contribution in [0.2, 0.25) is 0 Å². The minimum atomic E-state index is -1.15. The summed E-state index contributed by atoms with van der Waals surface area (Å²) < 4.78 is 0. The number of aromatic nitrogens is 2. The Kier molecular flexibility index (Phi) is 4.39. The molecule has 0 fully saturated rings. The molecule has 0 aliphatic heterocycles. The van der Waals surface area contributed by atoms with Crippen molar-refractivity contribution >= 4 is 17.7 Å². The molecule has 0 unspecified atom stereocenters. The predicted octanol–water partition coefficient (Wildman–Crippen LogP) is 0.933. The summed E-state index contributed by atoms with van der Waals surface area (Å²) in [5.74, 6) is -1.05. The zero-order valence-electron chi connectivity index (χ0n) is 10.9. The van der Waals surface area contributed by atoms with E-state index in [0.29, 0.717) is 11.3 Å². The van der Waals surface area contributed by atoms with E-state index in [0.717, 1.165) is 0 Å². The normalized spacial score (nSPS) is 11.6. The van der Waals surface area contributed by atoms with Crippen LogP contribution in [0.1, 0.15) is 5.56 Å². The second-order valence-electron chi connectivity index (χ2n) is 4.35. The van der Waals surface area contributed by atoms with E-state index in [2.05, 4.69) is 20.8 Å². The minimum Gasteiger partial charge on any atom is -0.508 e. The average molecular weight is 290 g/mol. The van der Waals surface area contributed by atoms with Crippen LogP contribution in [0.15, 0.2) is 36.7 Å². The highest BCUT2D eigenvalue weighted by Crippen LogP contribution is 2.11. The number of nitrogens with one attached hydrogen (secondary N) is 3. The molecule has 0 radical (unpaired) electrons. The smallest absolute Gasteiger partial charge is 0.326 e. The molecule has 0 saturated carbocycles. The van der Waals surface area contributed by atoms with E-state index in [9.17, 15) is 14.7 Å². The summed E-state index contributed by atoms with van der Waals surface area (Å²) >= 11 is 0. The number of hydrogen-bond acceptors (Lipinski definition) is 4. The molecule has 1 atom stereocenters. The highest BCUT2D eigenvalue weighted by Gasteiger charge is 2.20. The van der Waals surface area contributed by atoms with Crippen molar-refractivity contribution in [3.8, 4) is 5.75 Å². The number of carbonyl (C=O) groups excluding carboxylic acids is 1. The van der Waals surface area contributed by atoms with Crippen LogP contribution in [0.5, 0.6) is 5.75 Å². The van der Waals surface area contributed by atoms with Gasteiger partial charge in [-0.05, 0) is 17.7 Å². The number of rotatable bonds is 5. The van der Waals surface area contributed by atoms with Crippen molar-refractivity contribution in [2.24, 2.45) is 0 Å². The van der Waals surface area contributed by atoms with Crippen LogP contribution in [0.3, 0.4) is 0 Å². The van der Waals surface area contributed by atoms with Gasteiger partial charge in [0.15, 0.2) is 0 Å². The Morgan fingerprint density at radius 1 is 1.29 bits per heavy atom. The van der Waals surface area contributed by atoms with Crippen LogP contribution < -0.4 is 10.6 Å². The molecule has 2 amide bonds. The fraction of sp³-hybridized carbons (Fsp3) is 0.154. The summed E-state index contributed by atoms with van der Waals surface area (Å²) in [5, 5.41) is 29.3. The number of urea groups is 1. The molecule has 0 spiro atoms. The standard InChI is InChI=1S/C13H14N4O4/c18-10-3-1-8(2-4-10)5-11(12(19)20)17-13(21)16-9-6-14-15-7-9/h1-4,6-7,11,18H,5H2,(H,14,15)(H,19,20)(H2,16,17,21)/t11-/m0/s1. The van der Waals surface area contributed by atoms with E-state index in [1.165, 1.54) is 24.5 Å². The lowest BCUT2D eigenvalue weighted by Gasteiger charge is -2.14. The van der Waals surface area contributed by atoms with Crippen LogP contribution in [0, 0.1) is 0 Å². The van der Waals surface area contributed by atoms with Gasteiger partial charge >= 0.3 is 12.0 Å². The summed E-state index contributed by atoms with van der Waals surface area (Å²) in [5.41, 5.74) is 1.12. The van der Waals surface area contributed by atoms with E-state index in [4.69, 9.17) is 5.11 Å². The first-order chi connectivity index (χ1) is 10.0. The van der Waals surface area contributed by atoms with E-state index in [1.807, 2.05) is 0 Å². The Bertz CT molecular complexity index is 610. The number of aromatic hydroxyl groups is 1. The van der Waals surface area contributed by atoms with Gasteiger partial charge in [0.25, 0.3) is 0 Å². The summed E-state index contributed by atoms with van der Waals surface area (Å²) in [4.78, 5) is 22.9. The fourth-order valence-corrected chi connectivity index (χ4v) is 1.71. The molecule has 110 valence electrons. The monoisotopic (exact) mass is 290 g/mol. The quantitative estimate of drug-likeness (QED) is 0.560. The molecule has 0 aliphatic carbocycles. The molecule has 2 aromatic rings. The number of anilines is 1. The Balaban J connectivity index is 1.97. The first-order valence-electron chi connectivity index (χ1n) is 6.11. The maximum Gasteiger partial charge on any atom is 0.326 e. The largest absolute Gasteiger partial charge is 0.508 e. The van der Waals surface area contributed by atoms with Crippen LogP contribution in [0.4, 0.5) is 10.5 Å². The number of carbonyl (C=O) groups is 2. The van der Waals surface area contributed by atoms with E-state index < -0.39 is 18.0 Å². The van der Waals surface area contributed by atoms with Crippen molar-refractivity contribution in [3.05, 3.63) is 42.2 Å². The van der Waals surface area contributed by atoms with E-state index in [-0.39, 0.29) is 12.2 Å². The zero-order chi connectivity index (χ0) is 15.2. The number of benzene rings is 1. The van der Waals surface area contributed by atoms with Crippen LogP contribution >= 0.6 is 0 Å². The van der Waals surface area contributed by atoms with Crippen molar-refractivity contribution in [3.63, 3.8) is 0 Å². The van der Waals surface area contributed by atoms with Gasteiger partial charge in [-0.1, -0.05) is 12.1 Å². The van der Waals surface area contributed by atoms with Gasteiger partial charge in [0.1, 0.15) is 11.8 Å². The lowest BCUT2D eigenvalue weighted by Crippen LogP contribution is -2.44. The van der Waals surface area contributed by atoms with Gasteiger partial charge in [-0.25, -0.2) is 9.59 Å². The number of H-pyrrole nitrogens is 1. The van der Waals surface area contributed by atoms with Gasteiger partial charge < -0.3 is 20.8 Å². The second kappa shape index (κ2) is 6.42. The molecule has 2 rings (SSSR count). The summed E-state index contributed by atoms with van der Waals surface area (Å²) in [6, 6.07) is 4.39. The Morgan fingerprint density at radius 2 is 2.00 bits per heavy atom. The number of aliphatic carboxylic acids is 1. The van der Waals surface area contributed by atoms with Gasteiger partial charge in [-0.15, -0.1) is 0 Å². The zero-order valence-corrected chi connectivity index (χ0v) is 10.9. The fourth-order valence-electron chi connectivity index (χ4n) is 1.71. The predicted molar refractivity (Wildman–Crippen MR) is 74.0 cm³/mol. The SMILES string of the molecule is O=C(Nc1cn[nH]c1)N[C@@H](Cc1ccc(O)cc1)C(=O)O. The maximum absolute atomic E-state index is 11.7. The van der Waals surface area contributed by atoms with Crippen molar-refractivity contribution in [2.45, 2.75) is 12.5 Å². The van der Waals surface area contributed by atoms with Gasteiger partial charge in [0.05, 0.1) is 11.9 Å². The lowest BCUT2D eigenvalue weighted by molar-refractivity contribution is -0.139. The molecule has 8 heteroatoms. The molecule has 1 aromatic carbocycles. The third kappa shape index (κ3) is 4.23. The topological polar surface area (TPSA) is 127 Å². The highest BCUT2D eigenvalue weighted by atomic mass is 16.4. The van der Waals surface area contributed by atoms with Crippen molar-refractivity contribution in [1.82, 2.24) is 15.5 Å². The summed E-state index contributed by atoms with van der Waals surface area (Å²) in [6.45, 7) is 0. The molecule has 1 heterocycles. The minimum absolute atomic E-state index is 0.0938. The molecule has 8 nitrogen and oxygen atoms in total. The Morgan fingerprint density at radius 3 is 2.57 bits per heavy atom. The van der Waals surface area contributed by atoms with Gasteiger partial charge in [-0.3, -0.25) is 5.10 Å². The van der Waals surface area contributed by atoms with E-state index in [1.54, 1.807) is 12.1 Å². The summed E-state index contributed by atoms with van der Waals surface area (Å²) in [7, 11) is 0. The first kappa shape index (κ1) is 14.4. The molecule has 0 bridgehead atoms.